The highest BCUT2D eigenvalue weighted by Gasteiger charge is 2.52. The van der Waals surface area contributed by atoms with Crippen molar-refractivity contribution in [1.82, 2.24) is 4.98 Å². The van der Waals surface area contributed by atoms with Crippen molar-refractivity contribution in [1.29, 1.82) is 0 Å². The van der Waals surface area contributed by atoms with E-state index in [-0.39, 0.29) is 11.2 Å². The van der Waals surface area contributed by atoms with Gasteiger partial charge in [0.2, 0.25) is 5.88 Å². The molecule has 2 rings (SSSR count). The molecular weight excluding hydrogens is 255 g/mol. The first-order valence-electron chi connectivity index (χ1n) is 6.98. The van der Waals surface area contributed by atoms with E-state index in [0.717, 1.165) is 11.3 Å². The molecule has 2 heterocycles. The summed E-state index contributed by atoms with van der Waals surface area (Å²) in [7, 11) is 1.40. The standard InChI is InChI=1S/C14H23BN2O3/c1-7-18-11-9-8-10(12(16-6)17-11)15-19-13(2,3)14(4,5)20-15/h8-9H,7H2,1-6H3,(H,16,17). The van der Waals surface area contributed by atoms with Gasteiger partial charge in [0, 0.05) is 18.6 Å². The monoisotopic (exact) mass is 278 g/mol. The van der Waals surface area contributed by atoms with Gasteiger partial charge in [-0.25, -0.2) is 0 Å². The zero-order valence-electron chi connectivity index (χ0n) is 13.1. The Bertz CT molecular complexity index is 475. The number of nitrogens with zero attached hydrogens (tertiary/aromatic N) is 1. The van der Waals surface area contributed by atoms with Gasteiger partial charge in [0.05, 0.1) is 17.8 Å². The Hall–Kier alpha value is -1.27. The van der Waals surface area contributed by atoms with Crippen LogP contribution < -0.4 is 15.5 Å². The quantitative estimate of drug-likeness (QED) is 0.851. The Kier molecular flexibility index (Phi) is 3.98. The molecule has 0 aliphatic carbocycles. The van der Waals surface area contributed by atoms with Crippen LogP contribution in [0.5, 0.6) is 5.88 Å². The van der Waals surface area contributed by atoms with Gasteiger partial charge in [-0.3, -0.25) is 0 Å². The van der Waals surface area contributed by atoms with Gasteiger partial charge in [-0.15, -0.1) is 0 Å². The summed E-state index contributed by atoms with van der Waals surface area (Å²) in [4.78, 5) is 4.43. The maximum absolute atomic E-state index is 6.05. The molecule has 5 nitrogen and oxygen atoms in total. The van der Waals surface area contributed by atoms with Gasteiger partial charge in [0.25, 0.3) is 0 Å². The number of pyridine rings is 1. The van der Waals surface area contributed by atoms with Crippen LogP contribution >= 0.6 is 0 Å². The smallest absolute Gasteiger partial charge is 0.478 e. The molecule has 0 atom stereocenters. The first kappa shape index (κ1) is 15.1. The zero-order chi connectivity index (χ0) is 15.0. The number of anilines is 1. The van der Waals surface area contributed by atoms with Crippen LogP contribution in [0.4, 0.5) is 5.82 Å². The predicted octanol–water partition coefficient (Wildman–Crippen LogP) is 1.82. The maximum Gasteiger partial charge on any atom is 0.498 e. The van der Waals surface area contributed by atoms with E-state index >= 15 is 0 Å². The summed E-state index contributed by atoms with van der Waals surface area (Å²) in [6.07, 6.45) is 0. The summed E-state index contributed by atoms with van der Waals surface area (Å²) in [6, 6.07) is 3.77. The van der Waals surface area contributed by atoms with Gasteiger partial charge in [0.15, 0.2) is 0 Å². The molecule has 1 saturated heterocycles. The average Bonchev–Trinajstić information content (AvgIpc) is 2.58. The predicted molar refractivity (Wildman–Crippen MR) is 80.7 cm³/mol. The van der Waals surface area contributed by atoms with Crippen molar-refractivity contribution in [2.24, 2.45) is 0 Å². The van der Waals surface area contributed by atoms with Gasteiger partial charge in [-0.1, -0.05) is 6.07 Å². The van der Waals surface area contributed by atoms with Crippen LogP contribution in [0.25, 0.3) is 0 Å². The van der Waals surface area contributed by atoms with E-state index in [1.54, 1.807) is 0 Å². The van der Waals surface area contributed by atoms with E-state index in [1.165, 1.54) is 0 Å². The van der Waals surface area contributed by atoms with E-state index in [1.807, 2.05) is 53.8 Å². The minimum atomic E-state index is -0.425. The van der Waals surface area contributed by atoms with Crippen molar-refractivity contribution in [2.75, 3.05) is 19.0 Å². The van der Waals surface area contributed by atoms with Gasteiger partial charge in [0.1, 0.15) is 5.82 Å². The van der Waals surface area contributed by atoms with E-state index in [0.29, 0.717) is 12.5 Å². The fraction of sp³-hybridized carbons (Fsp3) is 0.643. The molecule has 0 aromatic carbocycles. The third-order valence-corrected chi connectivity index (χ3v) is 3.94. The highest BCUT2D eigenvalue weighted by molar-refractivity contribution is 6.63. The van der Waals surface area contributed by atoms with Crippen LogP contribution in [0.15, 0.2) is 12.1 Å². The molecule has 110 valence electrons. The molecule has 0 amide bonds. The first-order valence-corrected chi connectivity index (χ1v) is 6.98. The van der Waals surface area contributed by atoms with E-state index in [4.69, 9.17) is 14.0 Å². The van der Waals surface area contributed by atoms with Gasteiger partial charge in [-0.05, 0) is 34.6 Å². The Balaban J connectivity index is 2.30. The summed E-state index contributed by atoms with van der Waals surface area (Å²) in [5.41, 5.74) is 0.164. The lowest BCUT2D eigenvalue weighted by atomic mass is 9.79. The number of aromatic nitrogens is 1. The number of ether oxygens (including phenoxy) is 1. The molecule has 6 heteroatoms. The van der Waals surface area contributed by atoms with Crippen LogP contribution in [0.2, 0.25) is 0 Å². The second kappa shape index (κ2) is 5.26. The molecule has 1 aliphatic rings. The lowest BCUT2D eigenvalue weighted by Gasteiger charge is -2.32. The fourth-order valence-electron chi connectivity index (χ4n) is 2.04. The molecule has 20 heavy (non-hydrogen) atoms. The van der Waals surface area contributed by atoms with Crippen LogP contribution in [-0.4, -0.2) is 37.0 Å². The van der Waals surface area contributed by atoms with E-state index in [2.05, 4.69) is 10.3 Å². The minimum absolute atomic E-state index is 0.360. The van der Waals surface area contributed by atoms with Crippen molar-refractivity contribution in [3.05, 3.63) is 12.1 Å². The summed E-state index contributed by atoms with van der Waals surface area (Å²) < 4.78 is 17.5. The summed E-state index contributed by atoms with van der Waals surface area (Å²) in [6.45, 7) is 10.7. The molecule has 1 aromatic rings. The third-order valence-electron chi connectivity index (χ3n) is 3.94. The molecule has 1 aromatic heterocycles. The molecular formula is C14H23BN2O3. The molecule has 0 radical (unpaired) electrons. The highest BCUT2D eigenvalue weighted by atomic mass is 16.7. The van der Waals surface area contributed by atoms with Crippen molar-refractivity contribution < 1.29 is 14.0 Å². The fourth-order valence-corrected chi connectivity index (χ4v) is 2.04. The molecule has 1 N–H and O–H groups in total. The first-order chi connectivity index (χ1) is 9.30. The second-order valence-corrected chi connectivity index (χ2v) is 5.86. The van der Waals surface area contributed by atoms with Crippen LogP contribution in [-0.2, 0) is 9.31 Å². The third kappa shape index (κ3) is 2.62. The maximum atomic E-state index is 6.05. The van der Waals surface area contributed by atoms with Gasteiger partial charge in [-0.2, -0.15) is 4.98 Å². The van der Waals surface area contributed by atoms with Crippen molar-refractivity contribution in [3.8, 4) is 5.88 Å². The molecule has 1 aliphatic heterocycles. The number of nitrogens with one attached hydrogen (secondary N) is 1. The summed E-state index contributed by atoms with van der Waals surface area (Å²) >= 11 is 0. The molecule has 0 bridgehead atoms. The lowest BCUT2D eigenvalue weighted by Crippen LogP contribution is -2.41. The molecule has 0 saturated carbocycles. The average molecular weight is 278 g/mol. The second-order valence-electron chi connectivity index (χ2n) is 5.86. The van der Waals surface area contributed by atoms with Crippen molar-refractivity contribution >= 4 is 18.4 Å². The van der Waals surface area contributed by atoms with Crippen LogP contribution in [0.1, 0.15) is 34.6 Å². The summed E-state index contributed by atoms with van der Waals surface area (Å²) in [5.74, 6) is 1.31. The van der Waals surface area contributed by atoms with Crippen LogP contribution in [0.3, 0.4) is 0 Å². The molecule has 0 unspecified atom stereocenters. The Morgan fingerprint density at radius 2 is 1.80 bits per heavy atom. The molecule has 1 fully saturated rings. The van der Waals surface area contributed by atoms with Crippen molar-refractivity contribution in [2.45, 2.75) is 45.8 Å². The largest absolute Gasteiger partial charge is 0.498 e. The van der Waals surface area contributed by atoms with Crippen LogP contribution in [0, 0.1) is 0 Å². The molecule has 0 spiro atoms. The SMILES string of the molecule is CCOc1ccc(B2OC(C)(C)C(C)(C)O2)c(NC)n1. The van der Waals surface area contributed by atoms with E-state index in [9.17, 15) is 0 Å². The Morgan fingerprint density at radius 1 is 1.20 bits per heavy atom. The van der Waals surface area contributed by atoms with Gasteiger partial charge >= 0.3 is 7.12 Å². The zero-order valence-corrected chi connectivity index (χ0v) is 13.1. The number of rotatable bonds is 4. The Labute approximate surface area is 121 Å². The topological polar surface area (TPSA) is 52.6 Å². The van der Waals surface area contributed by atoms with Gasteiger partial charge < -0.3 is 19.4 Å². The highest BCUT2D eigenvalue weighted by Crippen LogP contribution is 2.36. The van der Waals surface area contributed by atoms with Crippen molar-refractivity contribution in [3.63, 3.8) is 0 Å². The number of hydrogen-bond donors (Lipinski definition) is 1. The summed E-state index contributed by atoms with van der Waals surface area (Å²) in [5, 5.41) is 3.07. The van der Waals surface area contributed by atoms with E-state index < -0.39 is 7.12 Å². The lowest BCUT2D eigenvalue weighted by molar-refractivity contribution is 0.00578. The normalized spacial score (nSPS) is 20.0. The minimum Gasteiger partial charge on any atom is -0.478 e. The Morgan fingerprint density at radius 3 is 2.30 bits per heavy atom. The number of hydrogen-bond acceptors (Lipinski definition) is 5.